The molecular weight excluding hydrogens is 434 g/mol. The number of rotatable bonds is 7. The Labute approximate surface area is 205 Å². The number of benzodiazepines with no additional fused rings is 1. The Kier molecular flexibility index (Phi) is 6.80. The molecule has 1 heterocycles. The zero-order valence-electron chi connectivity index (χ0n) is 19.3. The molecule has 1 unspecified atom stereocenters. The molecule has 0 aromatic heterocycles. The molecule has 0 saturated heterocycles. The number of nitrogens with zero attached hydrogens (tertiary/aromatic N) is 1. The molecule has 174 valence electrons. The molecule has 0 fully saturated rings. The summed E-state index contributed by atoms with van der Waals surface area (Å²) in [6.07, 6.45) is 0. The van der Waals surface area contributed by atoms with Crippen LogP contribution in [0, 0.1) is 0 Å². The van der Waals surface area contributed by atoms with Crippen LogP contribution in [0.2, 0.25) is 0 Å². The van der Waals surface area contributed by atoms with Crippen LogP contribution in [-0.2, 0) is 11.3 Å². The zero-order valence-corrected chi connectivity index (χ0v) is 19.3. The lowest BCUT2D eigenvalue weighted by molar-refractivity contribution is -0.117. The lowest BCUT2D eigenvalue weighted by Crippen LogP contribution is -2.24. The largest absolute Gasteiger partial charge is 0.394 e. The standard InChI is InChI=1S/C30H27N3O2/c34-20-27(31-19-21-10-4-1-5-11-21)24-16-17-25-26(18-24)32-30(35)29(23-14-8-3-9-15-23)33-28(25)22-12-6-2-7-13-22/h1-18,27,29,31,34H,19-20H2,(H,32,35)/t27?,29-/m1/s1. The normalized spacial score (nSPS) is 16.0. The second kappa shape index (κ2) is 10.5. The lowest BCUT2D eigenvalue weighted by atomic mass is 9.97. The maximum absolute atomic E-state index is 13.3. The molecule has 2 atom stereocenters. The Morgan fingerprint density at radius 3 is 2.20 bits per heavy atom. The third kappa shape index (κ3) is 5.06. The fraction of sp³-hybridized carbons (Fsp3) is 0.133. The minimum absolute atomic E-state index is 0.0637. The van der Waals surface area contributed by atoms with Gasteiger partial charge in [0.15, 0.2) is 6.04 Å². The summed E-state index contributed by atoms with van der Waals surface area (Å²) >= 11 is 0. The Morgan fingerprint density at radius 2 is 1.51 bits per heavy atom. The predicted molar refractivity (Wildman–Crippen MR) is 139 cm³/mol. The lowest BCUT2D eigenvalue weighted by Gasteiger charge is -2.19. The van der Waals surface area contributed by atoms with Crippen molar-refractivity contribution in [1.82, 2.24) is 5.32 Å². The summed E-state index contributed by atoms with van der Waals surface area (Å²) < 4.78 is 0. The van der Waals surface area contributed by atoms with Gasteiger partial charge in [-0.25, -0.2) is 0 Å². The van der Waals surface area contributed by atoms with Crippen molar-refractivity contribution in [3.8, 4) is 0 Å². The quantitative estimate of drug-likeness (QED) is 0.361. The number of amides is 1. The monoisotopic (exact) mass is 461 g/mol. The Hall–Kier alpha value is -4.06. The Bertz CT molecular complexity index is 1320. The van der Waals surface area contributed by atoms with Crippen LogP contribution >= 0.6 is 0 Å². The van der Waals surface area contributed by atoms with E-state index in [1.54, 1.807) is 0 Å². The fourth-order valence-corrected chi connectivity index (χ4v) is 4.36. The van der Waals surface area contributed by atoms with E-state index in [0.717, 1.165) is 33.5 Å². The molecule has 0 radical (unpaired) electrons. The van der Waals surface area contributed by atoms with Gasteiger partial charge < -0.3 is 15.7 Å². The van der Waals surface area contributed by atoms with Crippen LogP contribution in [0.1, 0.15) is 39.9 Å². The molecule has 1 amide bonds. The van der Waals surface area contributed by atoms with Crippen molar-refractivity contribution in [3.63, 3.8) is 0 Å². The SMILES string of the molecule is O=C1Nc2cc(C(CO)NCc3ccccc3)ccc2C(c2ccccc2)=N[C@@H]1c1ccccc1. The maximum atomic E-state index is 13.3. The number of benzene rings is 4. The molecule has 4 aromatic carbocycles. The summed E-state index contributed by atoms with van der Waals surface area (Å²) in [5.74, 6) is -0.182. The molecular formula is C30H27N3O2. The fourth-order valence-electron chi connectivity index (χ4n) is 4.36. The van der Waals surface area contributed by atoms with E-state index < -0.39 is 6.04 Å². The first kappa shape index (κ1) is 22.7. The average molecular weight is 462 g/mol. The van der Waals surface area contributed by atoms with Gasteiger partial charge in [0.25, 0.3) is 5.91 Å². The maximum Gasteiger partial charge on any atom is 0.253 e. The highest BCUT2D eigenvalue weighted by Gasteiger charge is 2.27. The van der Waals surface area contributed by atoms with Gasteiger partial charge in [-0.15, -0.1) is 0 Å². The van der Waals surface area contributed by atoms with Gasteiger partial charge in [0, 0.05) is 17.7 Å². The third-order valence-corrected chi connectivity index (χ3v) is 6.21. The number of carbonyl (C=O) groups excluding carboxylic acids is 1. The molecule has 35 heavy (non-hydrogen) atoms. The van der Waals surface area contributed by atoms with Gasteiger partial charge in [0.2, 0.25) is 0 Å². The van der Waals surface area contributed by atoms with E-state index in [4.69, 9.17) is 4.99 Å². The van der Waals surface area contributed by atoms with E-state index in [1.165, 1.54) is 0 Å². The van der Waals surface area contributed by atoms with Crippen molar-refractivity contribution in [2.24, 2.45) is 4.99 Å². The highest BCUT2D eigenvalue weighted by Crippen LogP contribution is 2.32. The predicted octanol–water partition coefficient (Wildman–Crippen LogP) is 5.04. The van der Waals surface area contributed by atoms with Crippen molar-refractivity contribution >= 4 is 17.3 Å². The summed E-state index contributed by atoms with van der Waals surface area (Å²) in [5, 5.41) is 16.6. The van der Waals surface area contributed by atoms with E-state index >= 15 is 0 Å². The highest BCUT2D eigenvalue weighted by atomic mass is 16.3. The molecule has 4 aromatic rings. The zero-order chi connectivity index (χ0) is 24.0. The average Bonchev–Trinajstić information content (AvgIpc) is 3.06. The second-order valence-electron chi connectivity index (χ2n) is 8.55. The first-order valence-electron chi connectivity index (χ1n) is 11.7. The summed E-state index contributed by atoms with van der Waals surface area (Å²) in [7, 11) is 0. The first-order valence-corrected chi connectivity index (χ1v) is 11.7. The number of aliphatic hydroxyl groups is 1. The molecule has 0 bridgehead atoms. The van der Waals surface area contributed by atoms with Gasteiger partial charge in [0.1, 0.15) is 0 Å². The van der Waals surface area contributed by atoms with Crippen LogP contribution in [0.15, 0.2) is 114 Å². The van der Waals surface area contributed by atoms with Crippen molar-refractivity contribution in [2.45, 2.75) is 18.6 Å². The van der Waals surface area contributed by atoms with Gasteiger partial charge >= 0.3 is 0 Å². The minimum atomic E-state index is -0.660. The summed E-state index contributed by atoms with van der Waals surface area (Å²) in [6, 6.07) is 34.6. The highest BCUT2D eigenvalue weighted by molar-refractivity contribution is 6.19. The summed E-state index contributed by atoms with van der Waals surface area (Å²) in [5.41, 5.74) is 6.12. The van der Waals surface area contributed by atoms with E-state index in [2.05, 4.69) is 10.6 Å². The van der Waals surface area contributed by atoms with E-state index in [-0.39, 0.29) is 18.6 Å². The van der Waals surface area contributed by atoms with E-state index in [9.17, 15) is 9.90 Å². The van der Waals surface area contributed by atoms with Crippen molar-refractivity contribution in [2.75, 3.05) is 11.9 Å². The smallest absolute Gasteiger partial charge is 0.253 e. The summed E-state index contributed by atoms with van der Waals surface area (Å²) in [4.78, 5) is 18.3. The van der Waals surface area contributed by atoms with Crippen molar-refractivity contribution in [3.05, 3.63) is 137 Å². The first-order chi connectivity index (χ1) is 17.2. The molecule has 1 aliphatic rings. The van der Waals surface area contributed by atoms with Crippen LogP contribution in [0.4, 0.5) is 5.69 Å². The number of aliphatic imine (C=N–C) groups is 1. The van der Waals surface area contributed by atoms with Crippen LogP contribution in [0.3, 0.4) is 0 Å². The molecule has 1 aliphatic heterocycles. The molecule has 0 saturated carbocycles. The third-order valence-electron chi connectivity index (χ3n) is 6.21. The van der Waals surface area contributed by atoms with Gasteiger partial charge in [-0.3, -0.25) is 9.79 Å². The van der Waals surface area contributed by atoms with Crippen molar-refractivity contribution in [1.29, 1.82) is 0 Å². The number of nitrogens with one attached hydrogen (secondary N) is 2. The molecule has 5 rings (SSSR count). The topological polar surface area (TPSA) is 73.7 Å². The second-order valence-corrected chi connectivity index (χ2v) is 8.55. The molecule has 0 aliphatic carbocycles. The Balaban J connectivity index is 1.51. The van der Waals surface area contributed by atoms with Gasteiger partial charge in [-0.2, -0.15) is 0 Å². The molecule has 3 N–H and O–H groups in total. The van der Waals surface area contributed by atoms with E-state index in [1.807, 2.05) is 109 Å². The van der Waals surface area contributed by atoms with Gasteiger partial charge in [-0.05, 0) is 22.8 Å². The molecule has 5 heteroatoms. The van der Waals surface area contributed by atoms with Crippen LogP contribution in [0.5, 0.6) is 0 Å². The van der Waals surface area contributed by atoms with Crippen molar-refractivity contribution < 1.29 is 9.90 Å². The van der Waals surface area contributed by atoms with Crippen LogP contribution in [-0.4, -0.2) is 23.3 Å². The number of fused-ring (bicyclic) bond motifs is 1. The summed E-state index contributed by atoms with van der Waals surface area (Å²) in [6.45, 7) is 0.564. The number of hydrogen-bond donors (Lipinski definition) is 3. The minimum Gasteiger partial charge on any atom is -0.394 e. The van der Waals surface area contributed by atoms with Gasteiger partial charge in [0.05, 0.1) is 24.0 Å². The van der Waals surface area contributed by atoms with Crippen LogP contribution in [0.25, 0.3) is 0 Å². The number of aliphatic hydroxyl groups excluding tert-OH is 1. The van der Waals surface area contributed by atoms with Crippen LogP contribution < -0.4 is 10.6 Å². The molecule has 5 nitrogen and oxygen atoms in total. The van der Waals surface area contributed by atoms with E-state index in [0.29, 0.717) is 12.2 Å². The Morgan fingerprint density at radius 1 is 0.857 bits per heavy atom. The molecule has 0 spiro atoms. The number of anilines is 1. The van der Waals surface area contributed by atoms with Gasteiger partial charge in [-0.1, -0.05) is 103 Å². The number of hydrogen-bond acceptors (Lipinski definition) is 4. The number of carbonyl (C=O) groups is 1.